The first-order chi connectivity index (χ1) is 6.09. The number of rotatable bonds is 3. The number of anilines is 1. The van der Waals surface area contributed by atoms with E-state index < -0.39 is 0 Å². The van der Waals surface area contributed by atoms with Gasteiger partial charge in [-0.25, -0.2) is 0 Å². The summed E-state index contributed by atoms with van der Waals surface area (Å²) in [7, 11) is 0. The van der Waals surface area contributed by atoms with Crippen LogP contribution in [0.3, 0.4) is 0 Å². The van der Waals surface area contributed by atoms with Gasteiger partial charge in [0.2, 0.25) is 0 Å². The summed E-state index contributed by atoms with van der Waals surface area (Å²) < 4.78 is 0. The molecular weight excluding hydrogens is 180 g/mol. The second kappa shape index (κ2) is 4.53. The molecule has 0 bridgehead atoms. The maximum atomic E-state index is 5.71. The van der Waals surface area contributed by atoms with Crippen LogP contribution < -0.4 is 11.5 Å². The normalized spacial score (nSPS) is 12.8. The van der Waals surface area contributed by atoms with E-state index in [-0.39, 0.29) is 6.04 Å². The third-order valence-electron chi connectivity index (χ3n) is 1.75. The van der Waals surface area contributed by atoms with Gasteiger partial charge < -0.3 is 11.5 Å². The van der Waals surface area contributed by atoms with Crippen LogP contribution >= 0.6 is 11.8 Å². The molecule has 0 heterocycles. The highest BCUT2D eigenvalue weighted by Crippen LogP contribution is 2.22. The Bertz CT molecular complexity index is 284. The van der Waals surface area contributed by atoms with E-state index in [1.807, 2.05) is 26.0 Å². The molecule has 0 aliphatic carbocycles. The van der Waals surface area contributed by atoms with Gasteiger partial charge in [-0.15, -0.1) is 11.8 Å². The van der Waals surface area contributed by atoms with E-state index in [2.05, 4.69) is 6.07 Å². The minimum atomic E-state index is 0.239. The van der Waals surface area contributed by atoms with E-state index in [0.29, 0.717) is 0 Å². The van der Waals surface area contributed by atoms with Gasteiger partial charge in [0.25, 0.3) is 0 Å². The molecule has 0 aromatic heterocycles. The summed E-state index contributed by atoms with van der Waals surface area (Å²) in [5.74, 6) is 0.948. The number of hydrogen-bond acceptors (Lipinski definition) is 3. The summed E-state index contributed by atoms with van der Waals surface area (Å²) in [6.07, 6.45) is 0. The van der Waals surface area contributed by atoms with Crippen molar-refractivity contribution in [3.63, 3.8) is 0 Å². The SMILES string of the molecule is Cc1cc(SCC(C)N)ccc1N. The Morgan fingerprint density at radius 3 is 2.69 bits per heavy atom. The zero-order chi connectivity index (χ0) is 9.84. The minimum Gasteiger partial charge on any atom is -0.399 e. The number of aryl methyl sites for hydroxylation is 1. The number of hydrogen-bond donors (Lipinski definition) is 2. The molecule has 0 aliphatic rings. The monoisotopic (exact) mass is 196 g/mol. The summed E-state index contributed by atoms with van der Waals surface area (Å²) in [4.78, 5) is 1.24. The van der Waals surface area contributed by atoms with E-state index in [1.165, 1.54) is 4.90 Å². The quantitative estimate of drug-likeness (QED) is 0.574. The van der Waals surface area contributed by atoms with Crippen molar-refractivity contribution >= 4 is 17.4 Å². The molecule has 1 unspecified atom stereocenters. The Morgan fingerprint density at radius 1 is 1.46 bits per heavy atom. The van der Waals surface area contributed by atoms with Crippen LogP contribution in [0, 0.1) is 6.92 Å². The molecule has 3 heteroatoms. The van der Waals surface area contributed by atoms with Crippen molar-refractivity contribution in [2.24, 2.45) is 5.73 Å². The van der Waals surface area contributed by atoms with E-state index in [9.17, 15) is 0 Å². The Labute approximate surface area is 83.7 Å². The molecule has 0 amide bonds. The molecule has 0 fully saturated rings. The van der Waals surface area contributed by atoms with Crippen molar-refractivity contribution < 1.29 is 0 Å². The Morgan fingerprint density at radius 2 is 2.15 bits per heavy atom. The highest BCUT2D eigenvalue weighted by molar-refractivity contribution is 7.99. The Balaban J connectivity index is 2.63. The first-order valence-corrected chi connectivity index (χ1v) is 5.32. The van der Waals surface area contributed by atoms with E-state index in [1.54, 1.807) is 11.8 Å². The van der Waals surface area contributed by atoms with Crippen LogP contribution in [0.25, 0.3) is 0 Å². The van der Waals surface area contributed by atoms with Crippen LogP contribution in [-0.2, 0) is 0 Å². The summed E-state index contributed by atoms with van der Waals surface area (Å²) in [5.41, 5.74) is 13.4. The lowest BCUT2D eigenvalue weighted by Crippen LogP contribution is -2.17. The molecule has 0 aliphatic heterocycles. The van der Waals surface area contributed by atoms with E-state index in [0.717, 1.165) is 17.0 Å². The van der Waals surface area contributed by atoms with Crippen molar-refractivity contribution in [1.82, 2.24) is 0 Å². The fourth-order valence-electron chi connectivity index (χ4n) is 0.966. The fraction of sp³-hybridized carbons (Fsp3) is 0.400. The largest absolute Gasteiger partial charge is 0.399 e. The maximum absolute atomic E-state index is 5.71. The lowest BCUT2D eigenvalue weighted by atomic mass is 10.2. The van der Waals surface area contributed by atoms with E-state index >= 15 is 0 Å². The lowest BCUT2D eigenvalue weighted by Gasteiger charge is -2.06. The highest BCUT2D eigenvalue weighted by Gasteiger charge is 1.99. The number of thioether (sulfide) groups is 1. The average molecular weight is 196 g/mol. The van der Waals surface area contributed by atoms with Gasteiger partial charge >= 0.3 is 0 Å². The second-order valence-electron chi connectivity index (χ2n) is 3.31. The molecule has 0 spiro atoms. The standard InChI is InChI=1S/C10H16N2S/c1-7-5-9(3-4-10(7)12)13-6-8(2)11/h3-5,8H,6,11-12H2,1-2H3. The second-order valence-corrected chi connectivity index (χ2v) is 4.40. The average Bonchev–Trinajstić information content (AvgIpc) is 2.07. The maximum Gasteiger partial charge on any atom is 0.0344 e. The number of nitrogen functional groups attached to an aromatic ring is 1. The summed E-state index contributed by atoms with van der Waals surface area (Å²) in [5, 5.41) is 0. The van der Waals surface area contributed by atoms with Gasteiger partial charge in [-0.2, -0.15) is 0 Å². The van der Waals surface area contributed by atoms with Crippen LogP contribution in [0.1, 0.15) is 12.5 Å². The molecule has 1 rings (SSSR count). The molecule has 72 valence electrons. The van der Waals surface area contributed by atoms with Gasteiger partial charge in [-0.3, -0.25) is 0 Å². The number of nitrogens with two attached hydrogens (primary N) is 2. The van der Waals surface area contributed by atoms with Crippen LogP contribution in [0.4, 0.5) is 5.69 Å². The Hall–Kier alpha value is -0.670. The van der Waals surface area contributed by atoms with Crippen molar-refractivity contribution in [2.45, 2.75) is 24.8 Å². The van der Waals surface area contributed by atoms with Crippen LogP contribution in [0.15, 0.2) is 23.1 Å². The molecule has 4 N–H and O–H groups in total. The van der Waals surface area contributed by atoms with Gasteiger partial charge in [0.1, 0.15) is 0 Å². The minimum absolute atomic E-state index is 0.239. The van der Waals surface area contributed by atoms with Crippen molar-refractivity contribution in [2.75, 3.05) is 11.5 Å². The van der Waals surface area contributed by atoms with Crippen LogP contribution in [-0.4, -0.2) is 11.8 Å². The lowest BCUT2D eigenvalue weighted by molar-refractivity contribution is 0.847. The van der Waals surface area contributed by atoms with E-state index in [4.69, 9.17) is 11.5 Å². The molecule has 13 heavy (non-hydrogen) atoms. The molecule has 0 saturated heterocycles. The van der Waals surface area contributed by atoms with Gasteiger partial charge in [0.15, 0.2) is 0 Å². The molecule has 1 aromatic rings. The first kappa shape index (κ1) is 10.4. The van der Waals surface area contributed by atoms with Crippen molar-refractivity contribution in [3.05, 3.63) is 23.8 Å². The fourth-order valence-corrected chi connectivity index (χ4v) is 1.85. The molecule has 1 aromatic carbocycles. The summed E-state index contributed by atoms with van der Waals surface area (Å²) in [6, 6.07) is 6.32. The van der Waals surface area contributed by atoms with Crippen LogP contribution in [0.5, 0.6) is 0 Å². The van der Waals surface area contributed by atoms with Gasteiger partial charge in [-0.1, -0.05) is 0 Å². The van der Waals surface area contributed by atoms with Crippen LogP contribution in [0.2, 0.25) is 0 Å². The van der Waals surface area contributed by atoms with Gasteiger partial charge in [0, 0.05) is 22.4 Å². The molecule has 0 saturated carbocycles. The molecule has 0 radical (unpaired) electrons. The van der Waals surface area contributed by atoms with Gasteiger partial charge in [-0.05, 0) is 37.6 Å². The predicted octanol–water partition coefficient (Wildman–Crippen LogP) is 2.02. The van der Waals surface area contributed by atoms with Crippen molar-refractivity contribution in [3.8, 4) is 0 Å². The molecule has 1 atom stereocenters. The van der Waals surface area contributed by atoms with Gasteiger partial charge in [0.05, 0.1) is 0 Å². The summed E-state index contributed by atoms with van der Waals surface area (Å²) in [6.45, 7) is 4.03. The number of benzene rings is 1. The third-order valence-corrected chi connectivity index (χ3v) is 3.03. The topological polar surface area (TPSA) is 52.0 Å². The highest BCUT2D eigenvalue weighted by atomic mass is 32.2. The first-order valence-electron chi connectivity index (χ1n) is 4.34. The predicted molar refractivity (Wildman–Crippen MR) is 60.0 cm³/mol. The zero-order valence-corrected chi connectivity index (χ0v) is 8.90. The summed E-state index contributed by atoms with van der Waals surface area (Å²) >= 11 is 1.77. The van der Waals surface area contributed by atoms with Crippen molar-refractivity contribution in [1.29, 1.82) is 0 Å². The molecule has 2 nitrogen and oxygen atoms in total. The third kappa shape index (κ3) is 3.28. The smallest absolute Gasteiger partial charge is 0.0344 e. The zero-order valence-electron chi connectivity index (χ0n) is 8.08. The molecular formula is C10H16N2S. The Kier molecular flexibility index (Phi) is 3.63.